The highest BCUT2D eigenvalue weighted by Crippen LogP contribution is 2.31. The number of benzene rings is 1. The number of aromatic nitrogens is 1. The van der Waals surface area contributed by atoms with E-state index in [1.165, 1.54) is 11.3 Å². The Morgan fingerprint density at radius 1 is 1.27 bits per heavy atom. The number of rotatable bonds is 4. The summed E-state index contributed by atoms with van der Waals surface area (Å²) in [5, 5.41) is 2.79. The van der Waals surface area contributed by atoms with Crippen LogP contribution >= 0.6 is 43.2 Å². The van der Waals surface area contributed by atoms with Crippen molar-refractivity contribution in [1.29, 1.82) is 0 Å². The Hall–Kier alpha value is -1.44. The monoisotopic (exact) mass is 440 g/mol. The average molecular weight is 442 g/mol. The van der Waals surface area contributed by atoms with Crippen LogP contribution < -0.4 is 5.32 Å². The fourth-order valence-corrected chi connectivity index (χ4v) is 4.67. The van der Waals surface area contributed by atoms with Crippen LogP contribution in [-0.2, 0) is 6.54 Å². The molecule has 2 aromatic heterocycles. The molecule has 0 bridgehead atoms. The number of oxazole rings is 1. The van der Waals surface area contributed by atoms with Gasteiger partial charge in [0.25, 0.3) is 5.91 Å². The summed E-state index contributed by atoms with van der Waals surface area (Å²) in [7, 11) is 0. The first-order chi connectivity index (χ1) is 10.6. The number of carbonyl (C=O) groups excluding carboxylic acids is 1. The number of nitrogens with zero attached hydrogens (tertiary/aromatic N) is 1. The molecule has 3 aromatic rings. The van der Waals surface area contributed by atoms with Crippen molar-refractivity contribution < 1.29 is 9.21 Å². The standard InChI is InChI=1S/C15H10Br2N2O2S/c16-12-6-10(14(17)22-12)15(20)19-8-13-18-7-11(21-13)9-4-2-1-3-5-9/h1-7H,8H2,(H,19,20). The molecular weight excluding hydrogens is 432 g/mol. The predicted octanol–water partition coefficient (Wildman–Crippen LogP) is 4.86. The lowest BCUT2D eigenvalue weighted by Crippen LogP contribution is -2.22. The van der Waals surface area contributed by atoms with Gasteiger partial charge in [0.15, 0.2) is 5.76 Å². The van der Waals surface area contributed by atoms with Crippen molar-refractivity contribution in [3.05, 3.63) is 61.6 Å². The predicted molar refractivity (Wildman–Crippen MR) is 92.8 cm³/mol. The third-order valence-corrected chi connectivity index (χ3v) is 5.25. The summed E-state index contributed by atoms with van der Waals surface area (Å²) < 4.78 is 7.33. The minimum atomic E-state index is -0.173. The first kappa shape index (κ1) is 15.5. The summed E-state index contributed by atoms with van der Waals surface area (Å²) in [5.74, 6) is 0.982. The van der Waals surface area contributed by atoms with Gasteiger partial charge in [0.2, 0.25) is 5.89 Å². The smallest absolute Gasteiger partial charge is 0.253 e. The van der Waals surface area contributed by atoms with Crippen molar-refractivity contribution in [3.63, 3.8) is 0 Å². The Labute approximate surface area is 147 Å². The van der Waals surface area contributed by atoms with E-state index in [0.29, 0.717) is 17.2 Å². The van der Waals surface area contributed by atoms with Gasteiger partial charge in [-0.2, -0.15) is 0 Å². The summed E-state index contributed by atoms with van der Waals surface area (Å²) in [6, 6.07) is 11.5. The Morgan fingerprint density at radius 2 is 2.05 bits per heavy atom. The SMILES string of the molecule is O=C(NCc1ncc(-c2ccccc2)o1)c1cc(Br)sc1Br. The number of amides is 1. The van der Waals surface area contributed by atoms with E-state index < -0.39 is 0 Å². The lowest BCUT2D eigenvalue weighted by atomic mass is 10.2. The number of hydrogen-bond acceptors (Lipinski definition) is 4. The number of hydrogen-bond donors (Lipinski definition) is 1. The van der Waals surface area contributed by atoms with Crippen LogP contribution in [0.5, 0.6) is 0 Å². The molecule has 0 fully saturated rings. The van der Waals surface area contributed by atoms with E-state index in [1.54, 1.807) is 12.3 Å². The number of halogens is 2. The zero-order chi connectivity index (χ0) is 15.5. The van der Waals surface area contributed by atoms with Crippen LogP contribution in [0.4, 0.5) is 0 Å². The Balaban J connectivity index is 1.66. The average Bonchev–Trinajstić information content (AvgIpc) is 3.12. The zero-order valence-corrected chi connectivity index (χ0v) is 15.2. The second-order valence-corrected chi connectivity index (χ2v) is 8.15. The summed E-state index contributed by atoms with van der Waals surface area (Å²) in [6.45, 7) is 0.242. The van der Waals surface area contributed by atoms with Crippen LogP contribution in [0.2, 0.25) is 0 Å². The van der Waals surface area contributed by atoms with Gasteiger partial charge >= 0.3 is 0 Å². The second-order valence-electron chi connectivity index (χ2n) is 4.40. The van der Waals surface area contributed by atoms with Crippen molar-refractivity contribution in [2.45, 2.75) is 6.54 Å². The normalized spacial score (nSPS) is 10.6. The van der Waals surface area contributed by atoms with Crippen LogP contribution in [0.25, 0.3) is 11.3 Å². The maximum atomic E-state index is 12.1. The van der Waals surface area contributed by atoms with E-state index in [2.05, 4.69) is 42.2 Å². The Kier molecular flexibility index (Phi) is 4.75. The van der Waals surface area contributed by atoms with Crippen LogP contribution in [0.1, 0.15) is 16.2 Å². The summed E-state index contributed by atoms with van der Waals surface area (Å²) in [4.78, 5) is 16.3. The van der Waals surface area contributed by atoms with Crippen molar-refractivity contribution in [2.75, 3.05) is 0 Å². The van der Waals surface area contributed by atoms with Gasteiger partial charge in [0.05, 0.1) is 25.9 Å². The fraction of sp³-hybridized carbons (Fsp3) is 0.0667. The Morgan fingerprint density at radius 3 is 2.73 bits per heavy atom. The van der Waals surface area contributed by atoms with Crippen LogP contribution in [0, 0.1) is 0 Å². The summed E-state index contributed by atoms with van der Waals surface area (Å²) in [5.41, 5.74) is 1.55. The van der Waals surface area contributed by atoms with Gasteiger partial charge in [-0.1, -0.05) is 30.3 Å². The molecule has 0 spiro atoms. The van der Waals surface area contributed by atoms with E-state index in [0.717, 1.165) is 13.1 Å². The van der Waals surface area contributed by atoms with E-state index in [-0.39, 0.29) is 12.5 Å². The molecule has 1 amide bonds. The zero-order valence-electron chi connectivity index (χ0n) is 11.2. The molecule has 0 aliphatic rings. The topological polar surface area (TPSA) is 55.1 Å². The van der Waals surface area contributed by atoms with Crippen LogP contribution in [0.3, 0.4) is 0 Å². The van der Waals surface area contributed by atoms with Crippen molar-refractivity contribution >= 4 is 49.1 Å². The number of nitrogens with one attached hydrogen (secondary N) is 1. The minimum absolute atomic E-state index is 0.173. The van der Waals surface area contributed by atoms with Gasteiger partial charge in [-0.25, -0.2) is 4.98 Å². The molecule has 4 nitrogen and oxygen atoms in total. The highest BCUT2D eigenvalue weighted by Gasteiger charge is 2.14. The molecule has 2 heterocycles. The van der Waals surface area contributed by atoms with Gasteiger partial charge in [0, 0.05) is 5.56 Å². The maximum Gasteiger partial charge on any atom is 0.253 e. The van der Waals surface area contributed by atoms with E-state index in [9.17, 15) is 4.79 Å². The molecule has 0 saturated heterocycles. The molecule has 22 heavy (non-hydrogen) atoms. The quantitative estimate of drug-likeness (QED) is 0.629. The molecule has 0 radical (unpaired) electrons. The molecule has 112 valence electrons. The molecule has 0 atom stereocenters. The number of thiophene rings is 1. The molecule has 7 heteroatoms. The lowest BCUT2D eigenvalue weighted by molar-refractivity contribution is 0.0947. The fourth-order valence-electron chi connectivity index (χ4n) is 1.87. The first-order valence-electron chi connectivity index (χ1n) is 6.36. The molecule has 1 aromatic carbocycles. The highest BCUT2D eigenvalue weighted by atomic mass is 79.9. The van der Waals surface area contributed by atoms with Gasteiger partial charge in [-0.05, 0) is 37.9 Å². The first-order valence-corrected chi connectivity index (χ1v) is 8.77. The molecule has 3 rings (SSSR count). The molecule has 0 aliphatic heterocycles. The second kappa shape index (κ2) is 6.76. The van der Waals surface area contributed by atoms with Gasteiger partial charge in [0.1, 0.15) is 0 Å². The van der Waals surface area contributed by atoms with Gasteiger partial charge in [-0.15, -0.1) is 11.3 Å². The molecule has 1 N–H and O–H groups in total. The largest absolute Gasteiger partial charge is 0.439 e. The van der Waals surface area contributed by atoms with Gasteiger partial charge < -0.3 is 9.73 Å². The molecule has 0 unspecified atom stereocenters. The summed E-state index contributed by atoms with van der Waals surface area (Å²) in [6.07, 6.45) is 1.66. The van der Waals surface area contributed by atoms with E-state index >= 15 is 0 Å². The third-order valence-electron chi connectivity index (χ3n) is 2.91. The minimum Gasteiger partial charge on any atom is -0.439 e. The third kappa shape index (κ3) is 3.48. The molecule has 0 saturated carbocycles. The summed E-state index contributed by atoms with van der Waals surface area (Å²) >= 11 is 8.18. The van der Waals surface area contributed by atoms with E-state index in [1.807, 2.05) is 30.3 Å². The highest BCUT2D eigenvalue weighted by molar-refractivity contribution is 9.12. The van der Waals surface area contributed by atoms with Crippen molar-refractivity contribution in [2.24, 2.45) is 0 Å². The molecular formula is C15H10Br2N2O2S. The maximum absolute atomic E-state index is 12.1. The van der Waals surface area contributed by atoms with Crippen molar-refractivity contribution in [1.82, 2.24) is 10.3 Å². The van der Waals surface area contributed by atoms with Crippen LogP contribution in [0.15, 0.2) is 54.6 Å². The molecule has 0 aliphatic carbocycles. The van der Waals surface area contributed by atoms with E-state index in [4.69, 9.17) is 4.42 Å². The van der Waals surface area contributed by atoms with Crippen LogP contribution in [-0.4, -0.2) is 10.9 Å². The van der Waals surface area contributed by atoms with Crippen molar-refractivity contribution in [3.8, 4) is 11.3 Å². The van der Waals surface area contributed by atoms with Gasteiger partial charge in [-0.3, -0.25) is 4.79 Å². The number of carbonyl (C=O) groups is 1. The Bertz CT molecular complexity index is 799. The lowest BCUT2D eigenvalue weighted by Gasteiger charge is -2.01.